The summed E-state index contributed by atoms with van der Waals surface area (Å²) in [5, 5.41) is 3.15. The van der Waals surface area contributed by atoms with Gasteiger partial charge in [0.05, 0.1) is 0 Å². The van der Waals surface area contributed by atoms with E-state index in [4.69, 9.17) is 5.73 Å². The molecule has 1 unspecified atom stereocenters. The Kier molecular flexibility index (Phi) is 5.24. The van der Waals surface area contributed by atoms with Gasteiger partial charge in [-0.05, 0) is 44.4 Å². The molecule has 0 heterocycles. The highest BCUT2D eigenvalue weighted by atomic mass is 16.1. The Morgan fingerprint density at radius 3 is 2.72 bits per heavy atom. The second kappa shape index (κ2) is 6.93. The van der Waals surface area contributed by atoms with Crippen LogP contribution in [-0.2, 0) is 4.79 Å². The summed E-state index contributed by atoms with van der Waals surface area (Å²) in [6.45, 7) is 0.579. The molecular formula is C15H26N2O. The molecule has 3 N–H and O–H groups in total. The maximum Gasteiger partial charge on any atom is 0.224 e. The van der Waals surface area contributed by atoms with Gasteiger partial charge < -0.3 is 11.1 Å². The molecule has 0 aromatic rings. The Morgan fingerprint density at radius 2 is 2.11 bits per heavy atom. The lowest BCUT2D eigenvalue weighted by atomic mass is 9.95. The SMILES string of the molecule is NCC(NC(=O)CC1=CCCCC1)C1CCCC1. The van der Waals surface area contributed by atoms with Crippen LogP contribution >= 0.6 is 0 Å². The maximum absolute atomic E-state index is 12.0. The lowest BCUT2D eigenvalue weighted by Crippen LogP contribution is -2.44. The van der Waals surface area contributed by atoms with E-state index in [0.717, 1.165) is 12.8 Å². The van der Waals surface area contributed by atoms with Crippen molar-refractivity contribution in [2.45, 2.75) is 63.8 Å². The van der Waals surface area contributed by atoms with Gasteiger partial charge in [-0.25, -0.2) is 0 Å². The van der Waals surface area contributed by atoms with Crippen molar-refractivity contribution >= 4 is 5.91 Å². The molecule has 2 aliphatic carbocycles. The second-order valence-electron chi connectivity index (χ2n) is 5.74. The van der Waals surface area contributed by atoms with E-state index in [2.05, 4.69) is 11.4 Å². The smallest absolute Gasteiger partial charge is 0.224 e. The van der Waals surface area contributed by atoms with E-state index in [9.17, 15) is 4.79 Å². The summed E-state index contributed by atoms with van der Waals surface area (Å²) >= 11 is 0. The van der Waals surface area contributed by atoms with Crippen LogP contribution in [-0.4, -0.2) is 18.5 Å². The van der Waals surface area contributed by atoms with Crippen LogP contribution in [0.25, 0.3) is 0 Å². The number of hydrogen-bond donors (Lipinski definition) is 2. The topological polar surface area (TPSA) is 55.1 Å². The van der Waals surface area contributed by atoms with Crippen LogP contribution < -0.4 is 11.1 Å². The zero-order chi connectivity index (χ0) is 12.8. The highest BCUT2D eigenvalue weighted by Crippen LogP contribution is 2.27. The zero-order valence-corrected chi connectivity index (χ0v) is 11.3. The van der Waals surface area contributed by atoms with E-state index in [1.165, 1.54) is 44.1 Å². The van der Waals surface area contributed by atoms with Crippen LogP contribution in [0.5, 0.6) is 0 Å². The minimum Gasteiger partial charge on any atom is -0.352 e. The molecule has 2 rings (SSSR count). The third-order valence-electron chi connectivity index (χ3n) is 4.34. The average molecular weight is 250 g/mol. The van der Waals surface area contributed by atoms with Gasteiger partial charge in [0.1, 0.15) is 0 Å². The normalized spacial score (nSPS) is 22.6. The van der Waals surface area contributed by atoms with Crippen molar-refractivity contribution in [2.75, 3.05) is 6.54 Å². The van der Waals surface area contributed by atoms with Gasteiger partial charge in [0.2, 0.25) is 5.91 Å². The largest absolute Gasteiger partial charge is 0.352 e. The number of nitrogens with one attached hydrogen (secondary N) is 1. The van der Waals surface area contributed by atoms with Crippen LogP contribution in [0.1, 0.15) is 57.8 Å². The van der Waals surface area contributed by atoms with E-state index >= 15 is 0 Å². The number of hydrogen-bond acceptors (Lipinski definition) is 2. The summed E-state index contributed by atoms with van der Waals surface area (Å²) in [5.41, 5.74) is 7.13. The maximum atomic E-state index is 12.0. The molecule has 1 atom stereocenters. The molecular weight excluding hydrogens is 224 g/mol. The molecule has 3 heteroatoms. The molecule has 0 aliphatic heterocycles. The van der Waals surface area contributed by atoms with E-state index < -0.39 is 0 Å². The number of amides is 1. The highest BCUT2D eigenvalue weighted by Gasteiger charge is 2.25. The fourth-order valence-electron chi connectivity index (χ4n) is 3.26. The van der Waals surface area contributed by atoms with Crippen molar-refractivity contribution in [3.63, 3.8) is 0 Å². The van der Waals surface area contributed by atoms with Gasteiger partial charge in [0.25, 0.3) is 0 Å². The van der Waals surface area contributed by atoms with Crippen LogP contribution in [0.15, 0.2) is 11.6 Å². The molecule has 0 radical (unpaired) electrons. The van der Waals surface area contributed by atoms with E-state index in [-0.39, 0.29) is 11.9 Å². The summed E-state index contributed by atoms with van der Waals surface area (Å²) in [4.78, 5) is 12.0. The zero-order valence-electron chi connectivity index (χ0n) is 11.3. The first-order valence-electron chi connectivity index (χ1n) is 7.47. The van der Waals surface area contributed by atoms with Crippen molar-refractivity contribution in [3.8, 4) is 0 Å². The molecule has 1 fully saturated rings. The Bertz CT molecular complexity index is 306. The first-order chi connectivity index (χ1) is 8.79. The van der Waals surface area contributed by atoms with Gasteiger partial charge in [0, 0.05) is 19.0 Å². The van der Waals surface area contributed by atoms with Crippen molar-refractivity contribution in [2.24, 2.45) is 11.7 Å². The third-order valence-corrected chi connectivity index (χ3v) is 4.34. The number of rotatable bonds is 5. The van der Waals surface area contributed by atoms with Crippen LogP contribution in [0, 0.1) is 5.92 Å². The van der Waals surface area contributed by atoms with Crippen LogP contribution in [0.3, 0.4) is 0 Å². The molecule has 0 aromatic carbocycles. The summed E-state index contributed by atoms with van der Waals surface area (Å²) in [5.74, 6) is 0.782. The van der Waals surface area contributed by atoms with Crippen LogP contribution in [0.4, 0.5) is 0 Å². The van der Waals surface area contributed by atoms with Crippen LogP contribution in [0.2, 0.25) is 0 Å². The van der Waals surface area contributed by atoms with Gasteiger partial charge in [0.15, 0.2) is 0 Å². The van der Waals surface area contributed by atoms with Crippen molar-refractivity contribution in [1.82, 2.24) is 5.32 Å². The molecule has 0 spiro atoms. The Morgan fingerprint density at radius 1 is 1.33 bits per heavy atom. The molecule has 2 aliphatic rings. The lowest BCUT2D eigenvalue weighted by Gasteiger charge is -2.23. The van der Waals surface area contributed by atoms with Gasteiger partial charge in [-0.15, -0.1) is 0 Å². The predicted molar refractivity (Wildman–Crippen MR) is 74.1 cm³/mol. The van der Waals surface area contributed by atoms with E-state index in [1.54, 1.807) is 0 Å². The standard InChI is InChI=1S/C15H26N2O/c16-11-14(13-8-4-5-9-13)17-15(18)10-12-6-2-1-3-7-12/h6,13-14H,1-5,7-11,16H2,(H,17,18). The quantitative estimate of drug-likeness (QED) is 0.737. The first-order valence-corrected chi connectivity index (χ1v) is 7.47. The Hall–Kier alpha value is -0.830. The molecule has 0 bridgehead atoms. The number of nitrogens with two attached hydrogens (primary N) is 1. The summed E-state index contributed by atoms with van der Waals surface area (Å²) in [6, 6.07) is 0.198. The highest BCUT2D eigenvalue weighted by molar-refractivity contribution is 5.78. The molecule has 18 heavy (non-hydrogen) atoms. The molecule has 102 valence electrons. The summed E-state index contributed by atoms with van der Waals surface area (Å²) in [6.07, 6.45) is 12.6. The predicted octanol–water partition coefficient (Wildman–Crippen LogP) is 2.51. The molecule has 1 saturated carbocycles. The fraction of sp³-hybridized carbons (Fsp3) is 0.800. The van der Waals surface area contributed by atoms with Gasteiger partial charge >= 0.3 is 0 Å². The van der Waals surface area contributed by atoms with Gasteiger partial charge in [-0.3, -0.25) is 4.79 Å². The molecule has 0 aromatic heterocycles. The van der Waals surface area contributed by atoms with E-state index in [0.29, 0.717) is 18.9 Å². The molecule has 1 amide bonds. The minimum atomic E-state index is 0.172. The lowest BCUT2D eigenvalue weighted by molar-refractivity contribution is -0.121. The average Bonchev–Trinajstić information content (AvgIpc) is 2.91. The molecule has 0 saturated heterocycles. The van der Waals surface area contributed by atoms with Crippen molar-refractivity contribution in [1.29, 1.82) is 0 Å². The van der Waals surface area contributed by atoms with Crippen molar-refractivity contribution in [3.05, 3.63) is 11.6 Å². The number of carbonyl (C=O) groups is 1. The summed E-state index contributed by atoms with van der Waals surface area (Å²) in [7, 11) is 0. The second-order valence-corrected chi connectivity index (χ2v) is 5.74. The number of carbonyl (C=O) groups excluding carboxylic acids is 1. The number of allylic oxidation sites excluding steroid dienone is 1. The first kappa shape index (κ1) is 13.6. The fourth-order valence-corrected chi connectivity index (χ4v) is 3.26. The third kappa shape index (κ3) is 3.84. The summed E-state index contributed by atoms with van der Waals surface area (Å²) < 4.78 is 0. The van der Waals surface area contributed by atoms with Crippen molar-refractivity contribution < 1.29 is 4.79 Å². The Labute approximate surface area is 110 Å². The van der Waals surface area contributed by atoms with Gasteiger partial charge in [-0.2, -0.15) is 0 Å². The van der Waals surface area contributed by atoms with E-state index in [1.807, 2.05) is 0 Å². The monoisotopic (exact) mass is 250 g/mol. The Balaban J connectivity index is 1.79. The van der Waals surface area contributed by atoms with Gasteiger partial charge in [-0.1, -0.05) is 24.5 Å². The molecule has 3 nitrogen and oxygen atoms in total. The minimum absolute atomic E-state index is 0.172.